The Morgan fingerprint density at radius 2 is 1.38 bits per heavy atom. The van der Waals surface area contributed by atoms with Crippen LogP contribution in [0.2, 0.25) is 13.1 Å². The van der Waals surface area contributed by atoms with Gasteiger partial charge in [0.05, 0.1) is 0 Å². The standard InChI is InChI=1S/2C6H7.C2H7Si.Zr/c2*1-6-4-2-3-5-6;1-3-2;/h2*4-5H,2H2,1H3;3H,1-2H3;. The Bertz CT molecular complexity index is 374. The van der Waals surface area contributed by atoms with E-state index < -0.39 is 26.8 Å². The van der Waals surface area contributed by atoms with Crippen molar-refractivity contribution < 1.29 is 20.9 Å². The molecule has 0 unspecified atom stereocenters. The maximum atomic E-state index is 2.57. The van der Waals surface area contributed by atoms with Gasteiger partial charge in [0.15, 0.2) is 0 Å². The number of rotatable bonds is 3. The molecule has 0 aromatic carbocycles. The Morgan fingerprint density at radius 1 is 0.938 bits per heavy atom. The van der Waals surface area contributed by atoms with Crippen LogP contribution in [0.5, 0.6) is 0 Å². The van der Waals surface area contributed by atoms with Crippen LogP contribution in [0.1, 0.15) is 26.7 Å². The summed E-state index contributed by atoms with van der Waals surface area (Å²) in [6, 6.07) is 0. The molecule has 2 aliphatic carbocycles. The van der Waals surface area contributed by atoms with Crippen LogP contribution < -0.4 is 0 Å². The van der Waals surface area contributed by atoms with Crippen LogP contribution in [0, 0.1) is 0 Å². The fourth-order valence-corrected chi connectivity index (χ4v) is 21.9. The van der Waals surface area contributed by atoms with Crippen molar-refractivity contribution in [1.29, 1.82) is 0 Å². The van der Waals surface area contributed by atoms with Gasteiger partial charge in [-0.2, -0.15) is 0 Å². The average molecular weight is 309 g/mol. The molecule has 2 rings (SSSR count). The second-order valence-corrected chi connectivity index (χ2v) is 24.6. The summed E-state index contributed by atoms with van der Waals surface area (Å²) < 4.78 is 3.74. The molecule has 0 aliphatic heterocycles. The van der Waals surface area contributed by atoms with E-state index in [9.17, 15) is 0 Å². The van der Waals surface area contributed by atoms with Crippen LogP contribution in [-0.2, 0) is 20.9 Å². The van der Waals surface area contributed by atoms with Gasteiger partial charge < -0.3 is 0 Å². The summed E-state index contributed by atoms with van der Waals surface area (Å²) in [5.74, 6) is -0.453. The van der Waals surface area contributed by atoms with E-state index in [2.05, 4.69) is 51.2 Å². The SMILES string of the molecule is CC1=CC[C]([Zr]([C]2=CC(C)=CC2)[SiH](C)C)=C1. The zero-order valence-electron chi connectivity index (χ0n) is 10.8. The van der Waals surface area contributed by atoms with Gasteiger partial charge in [0, 0.05) is 0 Å². The quantitative estimate of drug-likeness (QED) is 0.690. The number of allylic oxidation sites excluding steroid dienone is 8. The van der Waals surface area contributed by atoms with Crippen LogP contribution in [0.15, 0.2) is 42.0 Å². The van der Waals surface area contributed by atoms with E-state index in [1.807, 2.05) is 6.56 Å². The van der Waals surface area contributed by atoms with Crippen molar-refractivity contribution in [2.24, 2.45) is 0 Å². The van der Waals surface area contributed by atoms with Crippen molar-refractivity contribution in [2.75, 3.05) is 0 Å². The number of hydrogen-bond donors (Lipinski definition) is 0. The fourth-order valence-electron chi connectivity index (χ4n) is 2.65. The molecule has 0 radical (unpaired) electrons. The molecule has 0 heterocycles. The molecule has 16 heavy (non-hydrogen) atoms. The molecule has 0 spiro atoms. The molecular formula is C14H21SiZr. The molecule has 0 aromatic heterocycles. The zero-order valence-corrected chi connectivity index (χ0v) is 14.4. The molecule has 85 valence electrons. The molecule has 2 aliphatic rings. The van der Waals surface area contributed by atoms with E-state index in [1.54, 1.807) is 0 Å². The first-order valence-corrected chi connectivity index (χ1v) is 15.8. The summed E-state index contributed by atoms with van der Waals surface area (Å²) in [5.41, 5.74) is 3.01. The molecule has 0 aromatic rings. The summed E-state index contributed by atoms with van der Waals surface area (Å²) in [5, 5.41) is 0. The van der Waals surface area contributed by atoms with Crippen molar-refractivity contribution >= 4 is 5.92 Å². The maximum absolute atomic E-state index is 2.57. The third-order valence-corrected chi connectivity index (χ3v) is 22.5. The fraction of sp³-hybridized carbons (Fsp3) is 0.429. The van der Waals surface area contributed by atoms with Gasteiger partial charge in [-0.3, -0.25) is 0 Å². The van der Waals surface area contributed by atoms with E-state index in [-0.39, 0.29) is 0 Å². The average Bonchev–Trinajstić information content (AvgIpc) is 2.76. The summed E-state index contributed by atoms with van der Waals surface area (Å²) in [4.78, 5) is 0. The van der Waals surface area contributed by atoms with Gasteiger partial charge in [-0.25, -0.2) is 0 Å². The summed E-state index contributed by atoms with van der Waals surface area (Å²) >= 11 is -1.37. The monoisotopic (exact) mass is 307 g/mol. The Labute approximate surface area is 108 Å². The van der Waals surface area contributed by atoms with Crippen molar-refractivity contribution in [3.05, 3.63) is 42.0 Å². The first kappa shape index (κ1) is 12.5. The summed E-state index contributed by atoms with van der Waals surface area (Å²) in [7, 11) is 0. The van der Waals surface area contributed by atoms with E-state index in [4.69, 9.17) is 0 Å². The minimum absolute atomic E-state index is 0.453. The molecule has 0 nitrogen and oxygen atoms in total. The molecule has 0 bridgehead atoms. The first-order valence-electron chi connectivity index (χ1n) is 6.20. The number of hydrogen-bond acceptors (Lipinski definition) is 0. The molecule has 0 atom stereocenters. The van der Waals surface area contributed by atoms with Crippen LogP contribution in [0.4, 0.5) is 0 Å². The van der Waals surface area contributed by atoms with E-state index >= 15 is 0 Å². The molecular weight excluding hydrogens is 287 g/mol. The Hall–Kier alpha value is 0.0600. The second kappa shape index (κ2) is 5.14. The van der Waals surface area contributed by atoms with E-state index in [0.29, 0.717) is 0 Å². The van der Waals surface area contributed by atoms with Gasteiger partial charge in [-0.1, -0.05) is 0 Å². The van der Waals surface area contributed by atoms with Gasteiger partial charge >= 0.3 is 109 Å². The van der Waals surface area contributed by atoms with Gasteiger partial charge in [-0.05, 0) is 0 Å². The Balaban J connectivity index is 2.20. The van der Waals surface area contributed by atoms with Gasteiger partial charge in [0.2, 0.25) is 0 Å². The van der Waals surface area contributed by atoms with Gasteiger partial charge in [-0.15, -0.1) is 0 Å². The summed E-state index contributed by atoms with van der Waals surface area (Å²) in [6.07, 6.45) is 12.4. The summed E-state index contributed by atoms with van der Waals surface area (Å²) in [6.45, 7) is 9.64. The molecule has 0 saturated carbocycles. The zero-order chi connectivity index (χ0) is 11.7. The van der Waals surface area contributed by atoms with E-state index in [0.717, 1.165) is 0 Å². The predicted molar refractivity (Wildman–Crippen MR) is 71.8 cm³/mol. The van der Waals surface area contributed by atoms with Gasteiger partial charge in [0.1, 0.15) is 0 Å². The minimum atomic E-state index is -1.37. The van der Waals surface area contributed by atoms with E-state index in [1.165, 1.54) is 24.0 Å². The molecule has 0 fully saturated rings. The molecule has 0 amide bonds. The van der Waals surface area contributed by atoms with Crippen LogP contribution >= 0.6 is 0 Å². The normalized spacial score (nSPS) is 19.6. The first-order chi connectivity index (χ1) is 7.58. The van der Waals surface area contributed by atoms with Crippen molar-refractivity contribution in [3.63, 3.8) is 0 Å². The Morgan fingerprint density at radius 3 is 1.62 bits per heavy atom. The third-order valence-electron chi connectivity index (χ3n) is 3.36. The van der Waals surface area contributed by atoms with Gasteiger partial charge in [0.25, 0.3) is 0 Å². The van der Waals surface area contributed by atoms with Crippen LogP contribution in [0.25, 0.3) is 0 Å². The van der Waals surface area contributed by atoms with Crippen LogP contribution in [-0.4, -0.2) is 5.92 Å². The topological polar surface area (TPSA) is 0 Å². The Kier molecular flexibility index (Phi) is 4.02. The molecule has 0 saturated heterocycles. The second-order valence-electron chi connectivity index (χ2n) is 5.21. The van der Waals surface area contributed by atoms with Crippen LogP contribution in [0.3, 0.4) is 0 Å². The predicted octanol–water partition coefficient (Wildman–Crippen LogP) is 4.06. The third kappa shape index (κ3) is 2.65. The van der Waals surface area contributed by atoms with Crippen molar-refractivity contribution in [3.8, 4) is 0 Å². The molecule has 2 heteroatoms. The van der Waals surface area contributed by atoms with Crippen molar-refractivity contribution in [1.82, 2.24) is 0 Å². The van der Waals surface area contributed by atoms with Crippen molar-refractivity contribution in [2.45, 2.75) is 39.8 Å². The molecule has 0 N–H and O–H groups in total.